The number of nitrogens with one attached hydrogen (secondary N) is 1. The second-order valence-corrected chi connectivity index (χ2v) is 8.13. The van der Waals surface area contributed by atoms with E-state index in [9.17, 15) is 0 Å². The third-order valence-corrected chi connectivity index (χ3v) is 6.21. The molecule has 6 nitrogen and oxygen atoms in total. The summed E-state index contributed by atoms with van der Waals surface area (Å²) in [5.74, 6) is 2.09. The van der Waals surface area contributed by atoms with Gasteiger partial charge in [0.1, 0.15) is 5.52 Å². The van der Waals surface area contributed by atoms with Crippen molar-refractivity contribution in [3.8, 4) is 10.7 Å². The van der Waals surface area contributed by atoms with Crippen molar-refractivity contribution >= 4 is 34.7 Å². The van der Waals surface area contributed by atoms with Crippen molar-refractivity contribution in [3.05, 3.63) is 52.4 Å². The summed E-state index contributed by atoms with van der Waals surface area (Å²) in [6, 6.07) is 12.0. The Morgan fingerprint density at radius 1 is 1.15 bits per heavy atom. The average molecular weight is 398 g/mol. The SMILES string of the molecule is S=c1nc(-c2cccs2)[nH]n1CN1CCC(c2nc3ccccc3o2)CC1. The number of hydrogen-bond donors (Lipinski definition) is 1. The van der Waals surface area contributed by atoms with E-state index in [-0.39, 0.29) is 0 Å². The molecule has 0 bridgehead atoms. The lowest BCUT2D eigenvalue weighted by atomic mass is 9.97. The number of thiophene rings is 1. The normalized spacial score (nSPS) is 16.3. The van der Waals surface area contributed by atoms with Crippen molar-refractivity contribution in [1.82, 2.24) is 24.6 Å². The van der Waals surface area contributed by atoms with Crippen molar-refractivity contribution in [2.75, 3.05) is 13.1 Å². The summed E-state index contributed by atoms with van der Waals surface area (Å²) in [6.45, 7) is 2.70. The van der Waals surface area contributed by atoms with Crippen molar-refractivity contribution in [2.45, 2.75) is 25.4 Å². The summed E-state index contributed by atoms with van der Waals surface area (Å²) in [5, 5.41) is 5.37. The fourth-order valence-corrected chi connectivity index (χ4v) is 4.42. The topological polar surface area (TPSA) is 62.9 Å². The minimum Gasteiger partial charge on any atom is -0.440 e. The van der Waals surface area contributed by atoms with Crippen molar-refractivity contribution < 1.29 is 4.42 Å². The Kier molecular flexibility index (Phi) is 4.39. The summed E-state index contributed by atoms with van der Waals surface area (Å²) < 4.78 is 8.50. The number of H-pyrrole nitrogens is 1. The monoisotopic (exact) mass is 397 g/mol. The van der Waals surface area contributed by atoms with Gasteiger partial charge in [0.2, 0.25) is 4.77 Å². The van der Waals surface area contributed by atoms with Crippen LogP contribution >= 0.6 is 23.6 Å². The van der Waals surface area contributed by atoms with E-state index < -0.39 is 0 Å². The van der Waals surface area contributed by atoms with Gasteiger partial charge in [0, 0.05) is 19.0 Å². The van der Waals surface area contributed by atoms with Crippen LogP contribution in [-0.2, 0) is 6.67 Å². The summed E-state index contributed by atoms with van der Waals surface area (Å²) >= 11 is 7.08. The van der Waals surface area contributed by atoms with E-state index in [1.807, 2.05) is 40.4 Å². The molecule has 0 radical (unpaired) electrons. The minimum atomic E-state index is 0.380. The van der Waals surface area contributed by atoms with Gasteiger partial charge in [-0.05, 0) is 48.6 Å². The maximum atomic E-state index is 5.96. The Bertz CT molecular complexity index is 1070. The van der Waals surface area contributed by atoms with E-state index in [1.54, 1.807) is 11.3 Å². The van der Waals surface area contributed by atoms with Gasteiger partial charge < -0.3 is 4.42 Å². The molecule has 1 N–H and O–H groups in total. The van der Waals surface area contributed by atoms with Gasteiger partial charge in [-0.3, -0.25) is 10.00 Å². The van der Waals surface area contributed by atoms with Crippen LogP contribution in [0.15, 0.2) is 46.2 Å². The maximum absolute atomic E-state index is 5.96. The molecule has 0 unspecified atom stereocenters. The number of aromatic nitrogens is 4. The number of oxazole rings is 1. The van der Waals surface area contributed by atoms with Crippen molar-refractivity contribution in [2.24, 2.45) is 0 Å². The number of rotatable bonds is 4. The lowest BCUT2D eigenvalue weighted by Crippen LogP contribution is -2.35. The van der Waals surface area contributed by atoms with Crippen LogP contribution in [0.5, 0.6) is 0 Å². The molecule has 0 aliphatic carbocycles. The molecule has 27 heavy (non-hydrogen) atoms. The molecular formula is C19H19N5OS2. The second kappa shape index (κ2) is 7.03. The number of likely N-dealkylation sites (tertiary alicyclic amines) is 1. The van der Waals surface area contributed by atoms with Crippen LogP contribution in [0.3, 0.4) is 0 Å². The molecule has 4 aromatic rings. The second-order valence-electron chi connectivity index (χ2n) is 6.81. The molecule has 1 aliphatic rings. The lowest BCUT2D eigenvalue weighted by Gasteiger charge is -2.30. The van der Waals surface area contributed by atoms with Crippen LogP contribution in [0.1, 0.15) is 24.7 Å². The molecule has 1 aromatic carbocycles. The van der Waals surface area contributed by atoms with Gasteiger partial charge in [-0.25, -0.2) is 9.67 Å². The number of piperidine rings is 1. The van der Waals surface area contributed by atoms with E-state index in [2.05, 4.69) is 26.0 Å². The molecule has 1 aliphatic heterocycles. The largest absolute Gasteiger partial charge is 0.440 e. The minimum absolute atomic E-state index is 0.380. The van der Waals surface area contributed by atoms with Gasteiger partial charge in [0.15, 0.2) is 17.3 Å². The molecule has 8 heteroatoms. The molecule has 4 heterocycles. The van der Waals surface area contributed by atoms with Crippen molar-refractivity contribution in [1.29, 1.82) is 0 Å². The Balaban J connectivity index is 1.25. The van der Waals surface area contributed by atoms with Crippen LogP contribution in [0.2, 0.25) is 0 Å². The standard InChI is InChI=1S/C19H19N5OS2/c26-19-21-17(16-6-3-11-27-16)22-24(19)12-23-9-7-13(8-10-23)18-20-14-4-1-2-5-15(14)25-18/h1-6,11,13H,7-10,12H2,(H,21,22,26). The summed E-state index contributed by atoms with van der Waals surface area (Å²) in [4.78, 5) is 12.7. The third-order valence-electron chi connectivity index (χ3n) is 5.02. The summed E-state index contributed by atoms with van der Waals surface area (Å²) in [6.07, 6.45) is 2.07. The molecule has 0 atom stereocenters. The number of para-hydroxylation sites is 2. The summed E-state index contributed by atoms with van der Waals surface area (Å²) in [7, 11) is 0. The fraction of sp³-hybridized carbons (Fsp3) is 0.316. The molecule has 1 fully saturated rings. The highest BCUT2D eigenvalue weighted by Gasteiger charge is 2.25. The first-order chi connectivity index (χ1) is 13.3. The molecule has 0 spiro atoms. The number of aromatic amines is 1. The number of hydrogen-bond acceptors (Lipinski definition) is 6. The van der Waals surface area contributed by atoms with Crippen LogP contribution in [0, 0.1) is 4.77 Å². The van der Waals surface area contributed by atoms with E-state index in [0.717, 1.165) is 60.3 Å². The highest BCUT2D eigenvalue weighted by molar-refractivity contribution is 7.71. The predicted molar refractivity (Wildman–Crippen MR) is 108 cm³/mol. The van der Waals surface area contributed by atoms with Gasteiger partial charge in [-0.15, -0.1) is 11.3 Å². The molecule has 3 aromatic heterocycles. The fourth-order valence-electron chi connectivity index (χ4n) is 3.56. The Hall–Kier alpha value is -2.29. The number of nitrogens with zero attached hydrogens (tertiary/aromatic N) is 4. The zero-order chi connectivity index (χ0) is 18.2. The number of benzene rings is 1. The van der Waals surface area contributed by atoms with Gasteiger partial charge in [0.05, 0.1) is 11.5 Å². The highest BCUT2D eigenvalue weighted by atomic mass is 32.1. The zero-order valence-electron chi connectivity index (χ0n) is 14.7. The predicted octanol–water partition coefficient (Wildman–Crippen LogP) is 4.65. The first kappa shape index (κ1) is 16.9. The van der Waals surface area contributed by atoms with Crippen LogP contribution in [0.25, 0.3) is 21.8 Å². The van der Waals surface area contributed by atoms with Gasteiger partial charge >= 0.3 is 0 Å². The Morgan fingerprint density at radius 3 is 2.78 bits per heavy atom. The van der Waals surface area contributed by atoms with Crippen LogP contribution in [-0.4, -0.2) is 37.7 Å². The van der Waals surface area contributed by atoms with E-state index >= 15 is 0 Å². The smallest absolute Gasteiger partial charge is 0.217 e. The van der Waals surface area contributed by atoms with Crippen LogP contribution in [0.4, 0.5) is 0 Å². The average Bonchev–Trinajstić information content (AvgIpc) is 3.42. The van der Waals surface area contributed by atoms with Crippen molar-refractivity contribution in [3.63, 3.8) is 0 Å². The first-order valence-corrected chi connectivity index (χ1v) is 10.3. The summed E-state index contributed by atoms with van der Waals surface area (Å²) in [5.41, 5.74) is 1.82. The Labute approximate surface area is 165 Å². The third kappa shape index (κ3) is 3.36. The van der Waals surface area contributed by atoms with E-state index in [4.69, 9.17) is 16.6 Å². The Morgan fingerprint density at radius 2 is 2.00 bits per heavy atom. The quantitative estimate of drug-likeness (QED) is 0.508. The van der Waals surface area contributed by atoms with E-state index in [0.29, 0.717) is 10.7 Å². The molecule has 1 saturated heterocycles. The molecule has 138 valence electrons. The van der Waals surface area contributed by atoms with Gasteiger partial charge in [-0.2, -0.15) is 4.98 Å². The van der Waals surface area contributed by atoms with Crippen LogP contribution < -0.4 is 0 Å². The first-order valence-electron chi connectivity index (χ1n) is 9.05. The molecule has 0 amide bonds. The number of fused-ring (bicyclic) bond motifs is 1. The zero-order valence-corrected chi connectivity index (χ0v) is 16.3. The van der Waals surface area contributed by atoms with Gasteiger partial charge in [0.25, 0.3) is 0 Å². The van der Waals surface area contributed by atoms with Gasteiger partial charge in [-0.1, -0.05) is 18.2 Å². The molecule has 5 rings (SSSR count). The highest BCUT2D eigenvalue weighted by Crippen LogP contribution is 2.30. The maximum Gasteiger partial charge on any atom is 0.217 e. The lowest BCUT2D eigenvalue weighted by molar-refractivity contribution is 0.153. The molecular weight excluding hydrogens is 378 g/mol. The molecule has 0 saturated carbocycles. The van der Waals surface area contributed by atoms with E-state index in [1.165, 1.54) is 0 Å².